The lowest BCUT2D eigenvalue weighted by atomic mass is 9.90. The van der Waals surface area contributed by atoms with E-state index in [4.69, 9.17) is 0 Å². The predicted molar refractivity (Wildman–Crippen MR) is 83.8 cm³/mol. The molecule has 108 valence electrons. The molecule has 0 amide bonds. The number of benzene rings is 2. The molecule has 0 saturated heterocycles. The highest BCUT2D eigenvalue weighted by Crippen LogP contribution is 2.35. The molecular formula is C18H19NO2. The smallest absolute Gasteiger partial charge is 0.311 e. The molecule has 1 atom stereocenters. The minimum atomic E-state index is -0.717. The maximum atomic E-state index is 11.4. The van der Waals surface area contributed by atoms with Crippen molar-refractivity contribution in [1.82, 2.24) is 0 Å². The van der Waals surface area contributed by atoms with Gasteiger partial charge < -0.3 is 10.0 Å². The van der Waals surface area contributed by atoms with E-state index in [1.54, 1.807) is 0 Å². The van der Waals surface area contributed by atoms with Crippen molar-refractivity contribution in [1.29, 1.82) is 0 Å². The van der Waals surface area contributed by atoms with Gasteiger partial charge in [0, 0.05) is 18.8 Å². The van der Waals surface area contributed by atoms with Crippen LogP contribution in [0.4, 0.5) is 5.69 Å². The van der Waals surface area contributed by atoms with Crippen LogP contribution in [0.25, 0.3) is 0 Å². The van der Waals surface area contributed by atoms with Gasteiger partial charge in [-0.25, -0.2) is 0 Å². The van der Waals surface area contributed by atoms with Gasteiger partial charge in [0.05, 0.1) is 5.92 Å². The molecule has 21 heavy (non-hydrogen) atoms. The number of carbonyl (C=O) groups is 1. The second-order valence-electron chi connectivity index (χ2n) is 5.46. The summed E-state index contributed by atoms with van der Waals surface area (Å²) in [5, 5.41) is 9.36. The molecule has 3 heteroatoms. The molecule has 0 aromatic heterocycles. The van der Waals surface area contributed by atoms with Crippen LogP contribution in [0.2, 0.25) is 0 Å². The summed E-state index contributed by atoms with van der Waals surface area (Å²) in [7, 11) is 0. The molecular weight excluding hydrogens is 262 g/mol. The molecule has 1 aliphatic rings. The molecule has 1 heterocycles. The van der Waals surface area contributed by atoms with Crippen molar-refractivity contribution in [2.75, 3.05) is 18.0 Å². The van der Waals surface area contributed by atoms with E-state index in [2.05, 4.69) is 29.2 Å². The van der Waals surface area contributed by atoms with E-state index >= 15 is 0 Å². The van der Waals surface area contributed by atoms with Crippen LogP contribution in [0, 0.1) is 0 Å². The van der Waals surface area contributed by atoms with E-state index in [1.165, 1.54) is 5.56 Å². The predicted octanol–water partition coefficient (Wildman–Crippen LogP) is 3.31. The first-order chi connectivity index (χ1) is 10.3. The second kappa shape index (κ2) is 6.00. The van der Waals surface area contributed by atoms with Gasteiger partial charge in [-0.3, -0.25) is 4.79 Å². The highest BCUT2D eigenvalue weighted by Gasteiger charge is 2.29. The molecule has 2 aromatic rings. The highest BCUT2D eigenvalue weighted by atomic mass is 16.4. The average molecular weight is 281 g/mol. The second-order valence-corrected chi connectivity index (χ2v) is 5.46. The Balaban J connectivity index is 1.78. The van der Waals surface area contributed by atoms with E-state index in [0.717, 1.165) is 30.8 Å². The molecule has 3 nitrogen and oxygen atoms in total. The van der Waals surface area contributed by atoms with Gasteiger partial charge >= 0.3 is 5.97 Å². The van der Waals surface area contributed by atoms with Crippen LogP contribution < -0.4 is 4.90 Å². The number of carboxylic acid groups (broad SMARTS) is 1. The van der Waals surface area contributed by atoms with Crippen LogP contribution >= 0.6 is 0 Å². The molecule has 1 N–H and O–H groups in total. The summed E-state index contributed by atoms with van der Waals surface area (Å²) in [6.07, 6.45) is 1.66. The molecule has 0 spiro atoms. The summed E-state index contributed by atoms with van der Waals surface area (Å²) >= 11 is 0. The van der Waals surface area contributed by atoms with Crippen LogP contribution in [0.1, 0.15) is 23.5 Å². The Labute approximate surface area is 124 Å². The molecule has 1 unspecified atom stereocenters. The van der Waals surface area contributed by atoms with Gasteiger partial charge in [-0.15, -0.1) is 0 Å². The number of anilines is 1. The standard InChI is InChI=1S/C18H19NO2/c20-18(21)16-11-13-19(17-9-5-4-8-15(16)17)12-10-14-6-2-1-3-7-14/h1-9,16H,10-13H2,(H,20,21). The Morgan fingerprint density at radius 1 is 1.10 bits per heavy atom. The quantitative estimate of drug-likeness (QED) is 0.934. The van der Waals surface area contributed by atoms with Crippen LogP contribution in [0.15, 0.2) is 54.6 Å². The summed E-state index contributed by atoms with van der Waals surface area (Å²) in [4.78, 5) is 13.7. The van der Waals surface area contributed by atoms with Gasteiger partial charge in [-0.05, 0) is 30.0 Å². The third-order valence-electron chi connectivity index (χ3n) is 4.15. The maximum Gasteiger partial charge on any atom is 0.311 e. The number of carboxylic acids is 1. The topological polar surface area (TPSA) is 40.5 Å². The van der Waals surface area contributed by atoms with E-state index in [0.29, 0.717) is 6.42 Å². The molecule has 0 bridgehead atoms. The zero-order valence-corrected chi connectivity index (χ0v) is 11.9. The van der Waals surface area contributed by atoms with E-state index in [9.17, 15) is 9.90 Å². The zero-order valence-electron chi connectivity index (χ0n) is 11.9. The van der Waals surface area contributed by atoms with Crippen LogP contribution in [-0.2, 0) is 11.2 Å². The first-order valence-electron chi connectivity index (χ1n) is 7.36. The van der Waals surface area contributed by atoms with Crippen LogP contribution in [0.5, 0.6) is 0 Å². The van der Waals surface area contributed by atoms with Crippen LogP contribution in [-0.4, -0.2) is 24.2 Å². The summed E-state index contributed by atoms with van der Waals surface area (Å²) in [5.74, 6) is -1.08. The summed E-state index contributed by atoms with van der Waals surface area (Å²) < 4.78 is 0. The van der Waals surface area contributed by atoms with Gasteiger partial charge in [0.1, 0.15) is 0 Å². The first-order valence-corrected chi connectivity index (χ1v) is 7.36. The third-order valence-corrected chi connectivity index (χ3v) is 4.15. The molecule has 0 radical (unpaired) electrons. The van der Waals surface area contributed by atoms with Crippen LogP contribution in [0.3, 0.4) is 0 Å². The van der Waals surface area contributed by atoms with Gasteiger partial charge in [0.2, 0.25) is 0 Å². The van der Waals surface area contributed by atoms with Crippen molar-refractivity contribution in [2.45, 2.75) is 18.8 Å². The minimum absolute atomic E-state index is 0.367. The van der Waals surface area contributed by atoms with E-state index in [1.807, 2.05) is 30.3 Å². The lowest BCUT2D eigenvalue weighted by molar-refractivity contribution is -0.139. The largest absolute Gasteiger partial charge is 0.481 e. The minimum Gasteiger partial charge on any atom is -0.481 e. The average Bonchev–Trinajstić information content (AvgIpc) is 2.53. The van der Waals surface area contributed by atoms with Crippen molar-refractivity contribution in [3.05, 3.63) is 65.7 Å². The number of para-hydroxylation sites is 1. The molecule has 3 rings (SSSR count). The van der Waals surface area contributed by atoms with E-state index < -0.39 is 5.97 Å². The lowest BCUT2D eigenvalue weighted by Gasteiger charge is -2.34. The van der Waals surface area contributed by atoms with E-state index in [-0.39, 0.29) is 5.92 Å². The van der Waals surface area contributed by atoms with Crippen molar-refractivity contribution < 1.29 is 9.90 Å². The molecule has 0 saturated carbocycles. The summed E-state index contributed by atoms with van der Waals surface area (Å²) in [6.45, 7) is 1.73. The Morgan fingerprint density at radius 3 is 2.57 bits per heavy atom. The first kappa shape index (κ1) is 13.7. The molecule has 1 aliphatic heterocycles. The maximum absolute atomic E-state index is 11.4. The lowest BCUT2D eigenvalue weighted by Crippen LogP contribution is -2.34. The van der Waals surface area contributed by atoms with Crippen molar-refractivity contribution >= 4 is 11.7 Å². The number of fused-ring (bicyclic) bond motifs is 1. The summed E-state index contributed by atoms with van der Waals surface area (Å²) in [5.41, 5.74) is 3.34. The third kappa shape index (κ3) is 2.92. The zero-order chi connectivity index (χ0) is 14.7. The van der Waals surface area contributed by atoms with Crippen molar-refractivity contribution in [3.63, 3.8) is 0 Å². The number of aliphatic carboxylic acids is 1. The Bertz CT molecular complexity index is 624. The SMILES string of the molecule is O=C(O)C1CCN(CCc2ccccc2)c2ccccc21. The fraction of sp³-hybridized carbons (Fsp3) is 0.278. The summed E-state index contributed by atoms with van der Waals surface area (Å²) in [6, 6.07) is 18.3. The number of nitrogens with zero attached hydrogens (tertiary/aromatic N) is 1. The number of hydrogen-bond donors (Lipinski definition) is 1. The Hall–Kier alpha value is -2.29. The monoisotopic (exact) mass is 281 g/mol. The van der Waals surface area contributed by atoms with Gasteiger partial charge in [-0.1, -0.05) is 48.5 Å². The van der Waals surface area contributed by atoms with Gasteiger partial charge in [-0.2, -0.15) is 0 Å². The molecule has 0 fully saturated rings. The van der Waals surface area contributed by atoms with Crippen molar-refractivity contribution in [3.8, 4) is 0 Å². The van der Waals surface area contributed by atoms with Gasteiger partial charge in [0.15, 0.2) is 0 Å². The fourth-order valence-electron chi connectivity index (χ4n) is 3.03. The van der Waals surface area contributed by atoms with Gasteiger partial charge in [0.25, 0.3) is 0 Å². The Kier molecular flexibility index (Phi) is 3.91. The normalized spacial score (nSPS) is 17.3. The fourth-order valence-corrected chi connectivity index (χ4v) is 3.03. The highest BCUT2D eigenvalue weighted by molar-refractivity contribution is 5.80. The molecule has 0 aliphatic carbocycles. The molecule has 2 aromatic carbocycles. The number of rotatable bonds is 4. The number of hydrogen-bond acceptors (Lipinski definition) is 2. The van der Waals surface area contributed by atoms with Crippen molar-refractivity contribution in [2.24, 2.45) is 0 Å². The Morgan fingerprint density at radius 2 is 1.81 bits per heavy atom.